The van der Waals surface area contributed by atoms with Crippen LogP contribution in [0.5, 0.6) is 0 Å². The molecular weight excluding hydrogens is 289 g/mol. The maximum absolute atomic E-state index is 12.8. The molecule has 0 radical (unpaired) electrons. The maximum atomic E-state index is 12.8. The van der Waals surface area contributed by atoms with Crippen LogP contribution in [0.15, 0.2) is 41.8 Å². The van der Waals surface area contributed by atoms with Gasteiger partial charge >= 0.3 is 0 Å². The lowest BCUT2D eigenvalue weighted by Crippen LogP contribution is -2.32. The number of benzene rings is 1. The fourth-order valence-corrected chi connectivity index (χ4v) is 2.57. The van der Waals surface area contributed by atoms with Crippen molar-refractivity contribution in [3.05, 3.63) is 58.0 Å². The Morgan fingerprint density at radius 3 is 2.71 bits per heavy atom. The van der Waals surface area contributed by atoms with Gasteiger partial charge in [0.25, 0.3) is 0 Å². The van der Waals surface area contributed by atoms with Crippen LogP contribution in [0.3, 0.4) is 0 Å². The van der Waals surface area contributed by atoms with E-state index in [9.17, 15) is 9.50 Å². The highest BCUT2D eigenvalue weighted by Gasteiger charge is 2.09. The summed E-state index contributed by atoms with van der Waals surface area (Å²) < 4.78 is 18.3. The van der Waals surface area contributed by atoms with Crippen LogP contribution in [0.25, 0.3) is 0 Å². The summed E-state index contributed by atoms with van der Waals surface area (Å²) in [5, 5.41) is 15.1. The Balaban J connectivity index is 1.66. The van der Waals surface area contributed by atoms with Crippen LogP contribution in [0.1, 0.15) is 23.4 Å². The molecule has 0 saturated heterocycles. The van der Waals surface area contributed by atoms with Gasteiger partial charge in [0, 0.05) is 17.5 Å². The smallest absolute Gasteiger partial charge is 0.123 e. The van der Waals surface area contributed by atoms with Crippen molar-refractivity contribution in [3.8, 4) is 0 Å². The molecule has 2 rings (SSSR count). The fraction of sp³-hybridized carbons (Fsp3) is 0.375. The summed E-state index contributed by atoms with van der Waals surface area (Å²) in [7, 11) is 0. The van der Waals surface area contributed by atoms with Gasteiger partial charge in [-0.15, -0.1) is 11.3 Å². The molecule has 1 aromatic heterocycles. The van der Waals surface area contributed by atoms with Gasteiger partial charge in [-0.05, 0) is 36.1 Å². The second-order valence-corrected chi connectivity index (χ2v) is 5.96. The third-order valence-electron chi connectivity index (χ3n) is 3.16. The minimum Gasteiger partial charge on any atom is -0.389 e. The van der Waals surface area contributed by atoms with Crippen LogP contribution < -0.4 is 5.32 Å². The molecule has 2 N–H and O–H groups in total. The zero-order valence-corrected chi connectivity index (χ0v) is 12.8. The molecule has 114 valence electrons. The second kappa shape index (κ2) is 8.24. The largest absolute Gasteiger partial charge is 0.389 e. The summed E-state index contributed by atoms with van der Waals surface area (Å²) in [5.74, 6) is -0.243. The van der Waals surface area contributed by atoms with Crippen LogP contribution in [0.2, 0.25) is 0 Å². The molecule has 1 unspecified atom stereocenters. The van der Waals surface area contributed by atoms with E-state index in [0.717, 1.165) is 10.4 Å². The Labute approximate surface area is 128 Å². The molecule has 0 aliphatic heterocycles. The number of hydrogen-bond donors (Lipinski definition) is 2. The predicted octanol–water partition coefficient (Wildman–Crippen LogP) is 3.12. The lowest BCUT2D eigenvalue weighted by Gasteiger charge is -2.17. The summed E-state index contributed by atoms with van der Waals surface area (Å²) in [6, 6.07) is 10.4. The first-order valence-electron chi connectivity index (χ1n) is 6.92. The first-order chi connectivity index (χ1) is 10.1. The van der Waals surface area contributed by atoms with E-state index in [1.165, 1.54) is 12.1 Å². The third kappa shape index (κ3) is 5.55. The van der Waals surface area contributed by atoms with Crippen molar-refractivity contribution in [2.24, 2.45) is 0 Å². The third-order valence-corrected chi connectivity index (χ3v) is 4.01. The lowest BCUT2D eigenvalue weighted by atomic mass is 10.1. The number of hydrogen-bond acceptors (Lipinski definition) is 4. The minimum absolute atomic E-state index is 0.0533. The first kappa shape index (κ1) is 16.1. The van der Waals surface area contributed by atoms with E-state index >= 15 is 0 Å². The Morgan fingerprint density at radius 2 is 2.05 bits per heavy atom. The van der Waals surface area contributed by atoms with E-state index in [1.807, 2.05) is 24.4 Å². The first-order valence-corrected chi connectivity index (χ1v) is 7.80. The van der Waals surface area contributed by atoms with Gasteiger partial charge in [0.05, 0.1) is 19.3 Å². The van der Waals surface area contributed by atoms with E-state index in [4.69, 9.17) is 4.74 Å². The number of aliphatic hydroxyl groups excluding tert-OH is 1. The van der Waals surface area contributed by atoms with Crippen LogP contribution in [-0.4, -0.2) is 24.4 Å². The van der Waals surface area contributed by atoms with E-state index in [1.54, 1.807) is 23.5 Å². The molecule has 0 aliphatic carbocycles. The highest BCUT2D eigenvalue weighted by molar-refractivity contribution is 7.09. The highest BCUT2D eigenvalue weighted by atomic mass is 32.1. The lowest BCUT2D eigenvalue weighted by molar-refractivity contribution is 0.0288. The molecule has 0 spiro atoms. The molecule has 0 amide bonds. The molecule has 0 saturated carbocycles. The average molecular weight is 309 g/mol. The normalized spacial score (nSPS) is 14.0. The van der Waals surface area contributed by atoms with Gasteiger partial charge in [-0.25, -0.2) is 4.39 Å². The summed E-state index contributed by atoms with van der Waals surface area (Å²) in [6.45, 7) is 3.23. The van der Waals surface area contributed by atoms with Gasteiger partial charge in [0.15, 0.2) is 0 Å². The molecule has 21 heavy (non-hydrogen) atoms. The van der Waals surface area contributed by atoms with Crippen molar-refractivity contribution >= 4 is 11.3 Å². The minimum atomic E-state index is -0.562. The van der Waals surface area contributed by atoms with Crippen molar-refractivity contribution in [1.82, 2.24) is 5.32 Å². The Bertz CT molecular complexity index is 516. The van der Waals surface area contributed by atoms with Crippen molar-refractivity contribution in [3.63, 3.8) is 0 Å². The van der Waals surface area contributed by atoms with Crippen molar-refractivity contribution in [1.29, 1.82) is 0 Å². The molecule has 1 heterocycles. The quantitative estimate of drug-likeness (QED) is 0.787. The topological polar surface area (TPSA) is 41.5 Å². The van der Waals surface area contributed by atoms with Crippen molar-refractivity contribution in [2.45, 2.75) is 25.7 Å². The number of thiophene rings is 1. The van der Waals surface area contributed by atoms with E-state index < -0.39 is 6.10 Å². The van der Waals surface area contributed by atoms with Gasteiger partial charge in [-0.3, -0.25) is 0 Å². The van der Waals surface area contributed by atoms with Crippen molar-refractivity contribution < 1.29 is 14.2 Å². The summed E-state index contributed by atoms with van der Waals surface area (Å²) >= 11 is 1.64. The zero-order valence-electron chi connectivity index (χ0n) is 12.0. The van der Waals surface area contributed by atoms with Crippen molar-refractivity contribution in [2.75, 3.05) is 13.2 Å². The number of ether oxygens (including phenoxy) is 1. The van der Waals surface area contributed by atoms with Crippen LogP contribution in [0, 0.1) is 5.82 Å². The molecule has 5 heteroatoms. The SMILES string of the molecule is C[C@@H](NCC(O)COCc1cccs1)c1ccc(F)cc1. The maximum Gasteiger partial charge on any atom is 0.123 e. The number of nitrogens with one attached hydrogen (secondary N) is 1. The van der Waals surface area contributed by atoms with Gasteiger partial charge in [-0.2, -0.15) is 0 Å². The van der Waals surface area contributed by atoms with Gasteiger partial charge in [0.2, 0.25) is 0 Å². The molecule has 1 aromatic carbocycles. The Hall–Kier alpha value is -1.27. The average Bonchev–Trinajstić information content (AvgIpc) is 2.99. The Kier molecular flexibility index (Phi) is 6.32. The molecule has 3 nitrogen and oxygen atoms in total. The van der Waals surface area contributed by atoms with E-state index in [-0.39, 0.29) is 11.9 Å². The van der Waals surface area contributed by atoms with Crippen LogP contribution in [0.4, 0.5) is 4.39 Å². The molecule has 0 aliphatic rings. The summed E-state index contributed by atoms with van der Waals surface area (Å²) in [6.07, 6.45) is -0.562. The molecule has 2 atom stereocenters. The van der Waals surface area contributed by atoms with Gasteiger partial charge in [0.1, 0.15) is 5.82 Å². The van der Waals surface area contributed by atoms with Gasteiger partial charge in [-0.1, -0.05) is 18.2 Å². The Morgan fingerprint density at radius 1 is 1.29 bits per heavy atom. The van der Waals surface area contributed by atoms with E-state index in [0.29, 0.717) is 19.8 Å². The fourth-order valence-electron chi connectivity index (χ4n) is 1.93. The highest BCUT2D eigenvalue weighted by Crippen LogP contribution is 2.13. The number of halogens is 1. The summed E-state index contributed by atoms with van der Waals surface area (Å²) in [5.41, 5.74) is 0.989. The number of rotatable bonds is 8. The van der Waals surface area contributed by atoms with Gasteiger partial charge < -0.3 is 15.2 Å². The van der Waals surface area contributed by atoms with Crippen LogP contribution >= 0.6 is 11.3 Å². The molecular formula is C16H20FNO2S. The summed E-state index contributed by atoms with van der Waals surface area (Å²) in [4.78, 5) is 1.15. The zero-order chi connectivity index (χ0) is 15.1. The molecule has 0 fully saturated rings. The second-order valence-electron chi connectivity index (χ2n) is 4.93. The monoisotopic (exact) mass is 309 g/mol. The molecule has 2 aromatic rings. The predicted molar refractivity (Wildman–Crippen MR) is 82.8 cm³/mol. The van der Waals surface area contributed by atoms with Crippen LogP contribution in [-0.2, 0) is 11.3 Å². The van der Waals surface area contributed by atoms with E-state index in [2.05, 4.69) is 5.32 Å². The number of aliphatic hydroxyl groups is 1. The standard InChI is InChI=1S/C16H20FNO2S/c1-12(13-4-6-14(17)7-5-13)18-9-15(19)10-20-11-16-3-2-8-21-16/h2-8,12,15,18-19H,9-11H2,1H3/t12-,15?/m1/s1. The molecule has 0 bridgehead atoms.